The van der Waals surface area contributed by atoms with Crippen molar-refractivity contribution in [1.82, 2.24) is 5.01 Å². The average Bonchev–Trinajstić information content (AvgIpc) is 3.19. The lowest BCUT2D eigenvalue weighted by atomic mass is 10.1. The van der Waals surface area contributed by atoms with Crippen LogP contribution in [0.25, 0.3) is 0 Å². The SMILES string of the molecule is CC(=O)N1N=C(c2ccccc2Cl)OC1c1cccc(OCc2ccccc2)c1. The first kappa shape index (κ1) is 19.0. The van der Waals surface area contributed by atoms with Crippen molar-refractivity contribution in [2.45, 2.75) is 19.8 Å². The predicted molar refractivity (Wildman–Crippen MR) is 112 cm³/mol. The normalized spacial score (nSPS) is 15.6. The number of rotatable bonds is 5. The Hall–Kier alpha value is -3.31. The minimum atomic E-state index is -0.681. The summed E-state index contributed by atoms with van der Waals surface area (Å²) in [5.74, 6) is 0.767. The number of hydrazone groups is 1. The first-order valence-corrected chi connectivity index (χ1v) is 9.56. The minimum absolute atomic E-state index is 0.229. The van der Waals surface area contributed by atoms with E-state index in [-0.39, 0.29) is 5.91 Å². The van der Waals surface area contributed by atoms with E-state index in [0.717, 1.165) is 11.1 Å². The van der Waals surface area contributed by atoms with E-state index in [1.807, 2.05) is 66.7 Å². The molecule has 0 saturated heterocycles. The summed E-state index contributed by atoms with van der Waals surface area (Å²) >= 11 is 6.27. The van der Waals surface area contributed by atoms with Crippen molar-refractivity contribution < 1.29 is 14.3 Å². The van der Waals surface area contributed by atoms with Gasteiger partial charge in [0.1, 0.15) is 12.4 Å². The van der Waals surface area contributed by atoms with Gasteiger partial charge < -0.3 is 9.47 Å². The summed E-state index contributed by atoms with van der Waals surface area (Å²) in [5, 5.41) is 6.18. The van der Waals surface area contributed by atoms with Crippen LogP contribution in [0.1, 0.15) is 29.8 Å². The summed E-state index contributed by atoms with van der Waals surface area (Å²) in [6.45, 7) is 1.90. The molecule has 146 valence electrons. The average molecular weight is 407 g/mol. The van der Waals surface area contributed by atoms with Crippen molar-refractivity contribution in [1.29, 1.82) is 0 Å². The zero-order valence-corrected chi connectivity index (χ0v) is 16.5. The van der Waals surface area contributed by atoms with Crippen molar-refractivity contribution >= 4 is 23.4 Å². The smallest absolute Gasteiger partial charge is 0.243 e. The van der Waals surface area contributed by atoms with Gasteiger partial charge in [0.05, 0.1) is 10.6 Å². The van der Waals surface area contributed by atoms with Gasteiger partial charge in [-0.25, -0.2) is 0 Å². The summed E-state index contributed by atoms with van der Waals surface area (Å²) in [4.78, 5) is 12.2. The topological polar surface area (TPSA) is 51.1 Å². The molecule has 0 fully saturated rings. The molecular weight excluding hydrogens is 388 g/mol. The molecule has 1 aliphatic rings. The maximum absolute atomic E-state index is 12.2. The van der Waals surface area contributed by atoms with Crippen LogP contribution in [0.3, 0.4) is 0 Å². The van der Waals surface area contributed by atoms with E-state index in [9.17, 15) is 4.79 Å². The van der Waals surface area contributed by atoms with Gasteiger partial charge in [0.25, 0.3) is 0 Å². The van der Waals surface area contributed by atoms with Gasteiger partial charge in [-0.3, -0.25) is 4.79 Å². The van der Waals surface area contributed by atoms with Gasteiger partial charge in [0.2, 0.25) is 18.0 Å². The predicted octanol–water partition coefficient (Wildman–Crippen LogP) is 5.16. The molecule has 0 spiro atoms. The molecule has 3 aromatic rings. The van der Waals surface area contributed by atoms with E-state index in [0.29, 0.717) is 28.8 Å². The van der Waals surface area contributed by atoms with Crippen molar-refractivity contribution in [3.05, 3.63) is 101 Å². The molecule has 1 unspecified atom stereocenters. The van der Waals surface area contributed by atoms with Crippen LogP contribution < -0.4 is 4.74 Å². The quantitative estimate of drug-likeness (QED) is 0.588. The van der Waals surface area contributed by atoms with Crippen LogP contribution in [0.5, 0.6) is 5.75 Å². The second-order valence-corrected chi connectivity index (χ2v) is 6.97. The Labute approximate surface area is 174 Å². The standard InChI is InChI=1S/C23H19ClN2O3/c1-16(27)26-23(29-22(25-26)20-12-5-6-13-21(20)24)18-10-7-11-19(14-18)28-15-17-8-3-2-4-9-17/h2-14,23H,15H2,1H3. The molecule has 0 saturated carbocycles. The fourth-order valence-electron chi connectivity index (χ4n) is 3.03. The second-order valence-electron chi connectivity index (χ2n) is 6.57. The highest BCUT2D eigenvalue weighted by Gasteiger charge is 2.33. The van der Waals surface area contributed by atoms with Crippen LogP contribution in [0.15, 0.2) is 84.0 Å². The van der Waals surface area contributed by atoms with E-state index in [1.165, 1.54) is 11.9 Å². The zero-order valence-electron chi connectivity index (χ0n) is 15.8. The highest BCUT2D eigenvalue weighted by molar-refractivity contribution is 6.33. The minimum Gasteiger partial charge on any atom is -0.489 e. The Bertz CT molecular complexity index is 1050. The highest BCUT2D eigenvalue weighted by Crippen LogP contribution is 2.33. The maximum atomic E-state index is 12.2. The summed E-state index contributed by atoms with van der Waals surface area (Å²) in [7, 11) is 0. The Morgan fingerprint density at radius 3 is 2.59 bits per heavy atom. The molecule has 1 aliphatic heterocycles. The van der Waals surface area contributed by atoms with E-state index in [1.54, 1.807) is 12.1 Å². The number of hydrogen-bond donors (Lipinski definition) is 0. The van der Waals surface area contributed by atoms with Gasteiger partial charge in [-0.2, -0.15) is 5.01 Å². The molecule has 1 atom stereocenters. The summed E-state index contributed by atoms with van der Waals surface area (Å²) in [5.41, 5.74) is 2.47. The highest BCUT2D eigenvalue weighted by atomic mass is 35.5. The third-order valence-corrected chi connectivity index (χ3v) is 4.79. The first-order chi connectivity index (χ1) is 14.1. The number of nitrogens with zero attached hydrogens (tertiary/aromatic N) is 2. The van der Waals surface area contributed by atoms with E-state index >= 15 is 0 Å². The number of hydrogen-bond acceptors (Lipinski definition) is 4. The van der Waals surface area contributed by atoms with E-state index < -0.39 is 6.23 Å². The van der Waals surface area contributed by atoms with Crippen LogP contribution in [-0.4, -0.2) is 16.8 Å². The fraction of sp³-hybridized carbons (Fsp3) is 0.130. The summed E-state index contributed by atoms with van der Waals surface area (Å²) in [6.07, 6.45) is -0.681. The molecule has 1 heterocycles. The number of benzene rings is 3. The van der Waals surface area contributed by atoms with Crippen molar-refractivity contribution in [2.75, 3.05) is 0 Å². The second kappa shape index (κ2) is 8.37. The Morgan fingerprint density at radius 1 is 1.07 bits per heavy atom. The number of ether oxygens (including phenoxy) is 2. The molecule has 5 nitrogen and oxygen atoms in total. The molecule has 4 rings (SSSR count). The molecule has 3 aromatic carbocycles. The Kier molecular flexibility index (Phi) is 5.49. The third-order valence-electron chi connectivity index (χ3n) is 4.46. The number of halogens is 1. The molecule has 6 heteroatoms. The lowest BCUT2D eigenvalue weighted by Crippen LogP contribution is -2.25. The van der Waals surface area contributed by atoms with Gasteiger partial charge in [-0.05, 0) is 29.8 Å². The van der Waals surface area contributed by atoms with Crippen LogP contribution in [0, 0.1) is 0 Å². The van der Waals surface area contributed by atoms with Crippen molar-refractivity contribution in [3.63, 3.8) is 0 Å². The van der Waals surface area contributed by atoms with E-state index in [4.69, 9.17) is 21.1 Å². The molecule has 0 bridgehead atoms. The first-order valence-electron chi connectivity index (χ1n) is 9.18. The van der Waals surface area contributed by atoms with Crippen LogP contribution in [-0.2, 0) is 16.1 Å². The number of amides is 1. The number of carbonyl (C=O) groups is 1. The van der Waals surface area contributed by atoms with E-state index in [2.05, 4.69) is 5.10 Å². The summed E-state index contributed by atoms with van der Waals surface area (Å²) < 4.78 is 11.9. The molecule has 29 heavy (non-hydrogen) atoms. The lowest BCUT2D eigenvalue weighted by Gasteiger charge is -2.20. The fourth-order valence-corrected chi connectivity index (χ4v) is 3.24. The van der Waals surface area contributed by atoms with Crippen LogP contribution in [0.2, 0.25) is 5.02 Å². The van der Waals surface area contributed by atoms with Gasteiger partial charge in [-0.1, -0.05) is 66.2 Å². The molecule has 0 N–H and O–H groups in total. The Balaban J connectivity index is 1.56. The number of carbonyl (C=O) groups excluding carboxylic acids is 1. The van der Waals surface area contributed by atoms with Gasteiger partial charge in [-0.15, -0.1) is 5.10 Å². The largest absolute Gasteiger partial charge is 0.489 e. The monoisotopic (exact) mass is 406 g/mol. The molecule has 1 amide bonds. The van der Waals surface area contributed by atoms with Gasteiger partial charge in [0.15, 0.2) is 0 Å². The van der Waals surface area contributed by atoms with Crippen LogP contribution >= 0.6 is 11.6 Å². The zero-order chi connectivity index (χ0) is 20.2. The van der Waals surface area contributed by atoms with Crippen molar-refractivity contribution in [3.8, 4) is 5.75 Å². The van der Waals surface area contributed by atoms with Gasteiger partial charge >= 0.3 is 0 Å². The molecular formula is C23H19ClN2O3. The van der Waals surface area contributed by atoms with Crippen LogP contribution in [0.4, 0.5) is 0 Å². The molecule has 0 radical (unpaired) electrons. The molecule has 0 aliphatic carbocycles. The Morgan fingerprint density at radius 2 is 1.83 bits per heavy atom. The lowest BCUT2D eigenvalue weighted by molar-refractivity contribution is -0.135. The van der Waals surface area contributed by atoms with Crippen molar-refractivity contribution in [2.24, 2.45) is 5.10 Å². The van der Waals surface area contributed by atoms with Gasteiger partial charge in [0, 0.05) is 12.5 Å². The third kappa shape index (κ3) is 4.25. The molecule has 0 aromatic heterocycles. The maximum Gasteiger partial charge on any atom is 0.243 e. The summed E-state index contributed by atoms with van der Waals surface area (Å²) in [6, 6.07) is 24.6.